The zero-order valence-corrected chi connectivity index (χ0v) is 18.2. The molecule has 0 aliphatic rings. The van der Waals surface area contributed by atoms with E-state index < -0.39 is 15.9 Å². The molecule has 0 aromatic heterocycles. The van der Waals surface area contributed by atoms with Crippen LogP contribution in [0.2, 0.25) is 0 Å². The molecule has 8 nitrogen and oxygen atoms in total. The first-order valence-corrected chi connectivity index (χ1v) is 10.8. The number of nitrogens with one attached hydrogen (secondary N) is 2. The van der Waals surface area contributed by atoms with Crippen molar-refractivity contribution in [2.24, 2.45) is 0 Å². The van der Waals surface area contributed by atoms with E-state index in [-0.39, 0.29) is 10.6 Å². The second-order valence-corrected chi connectivity index (χ2v) is 7.82. The van der Waals surface area contributed by atoms with Crippen molar-refractivity contribution < 1.29 is 27.4 Å². The molecule has 2 rings (SSSR count). The van der Waals surface area contributed by atoms with Crippen LogP contribution in [0.15, 0.2) is 47.4 Å². The molecule has 0 aliphatic heterocycles. The number of methoxy groups -OCH3 is 1. The van der Waals surface area contributed by atoms with Gasteiger partial charge in [0.1, 0.15) is 22.1 Å². The van der Waals surface area contributed by atoms with Crippen LogP contribution in [-0.2, 0) is 14.8 Å². The quantitative estimate of drug-likeness (QED) is 0.557. The molecular weight excluding hydrogens is 408 g/mol. The summed E-state index contributed by atoms with van der Waals surface area (Å²) in [7, 11) is -1.01. The monoisotopic (exact) mass is 434 g/mol. The molecule has 0 saturated carbocycles. The van der Waals surface area contributed by atoms with E-state index in [9.17, 15) is 13.2 Å². The fourth-order valence-corrected chi connectivity index (χ4v) is 3.54. The lowest BCUT2D eigenvalue weighted by Gasteiger charge is -2.12. The summed E-state index contributed by atoms with van der Waals surface area (Å²) in [5.74, 6) is 0.936. The average Bonchev–Trinajstić information content (AvgIpc) is 2.74. The van der Waals surface area contributed by atoms with Crippen molar-refractivity contribution in [1.29, 1.82) is 0 Å². The van der Waals surface area contributed by atoms with Crippen LogP contribution in [0.25, 0.3) is 6.08 Å². The van der Waals surface area contributed by atoms with Crippen molar-refractivity contribution in [3.8, 4) is 17.2 Å². The van der Waals surface area contributed by atoms with Gasteiger partial charge in [0, 0.05) is 12.1 Å². The first-order valence-electron chi connectivity index (χ1n) is 9.34. The highest BCUT2D eigenvalue weighted by atomic mass is 32.2. The highest BCUT2D eigenvalue weighted by molar-refractivity contribution is 7.89. The first-order chi connectivity index (χ1) is 14.3. The van der Waals surface area contributed by atoms with Gasteiger partial charge in [0.25, 0.3) is 0 Å². The van der Waals surface area contributed by atoms with Crippen LogP contribution in [0.3, 0.4) is 0 Å². The Morgan fingerprint density at radius 2 is 1.73 bits per heavy atom. The Morgan fingerprint density at radius 1 is 1.03 bits per heavy atom. The van der Waals surface area contributed by atoms with Crippen LogP contribution in [0.1, 0.15) is 19.4 Å². The maximum Gasteiger partial charge on any atom is 0.248 e. The topological polar surface area (TPSA) is 103 Å². The Morgan fingerprint density at radius 3 is 2.37 bits per heavy atom. The summed E-state index contributed by atoms with van der Waals surface area (Å²) in [5.41, 5.74) is 0.999. The first kappa shape index (κ1) is 23.2. The van der Waals surface area contributed by atoms with Crippen molar-refractivity contribution in [3.05, 3.63) is 48.0 Å². The molecule has 30 heavy (non-hydrogen) atoms. The standard InChI is InChI=1S/C21H26N2O6S/c1-5-28-16-9-11-18(29-6-2)17(14-16)23-21(24)12-8-15-7-10-19(27-4)20(13-15)30(25,26)22-3/h7-14,22H,5-6H2,1-4H3,(H,23,24)/b12-8+. The molecule has 0 aliphatic carbocycles. The van der Waals surface area contributed by atoms with Gasteiger partial charge < -0.3 is 19.5 Å². The van der Waals surface area contributed by atoms with Gasteiger partial charge in [-0.3, -0.25) is 4.79 Å². The second kappa shape index (κ2) is 10.7. The Kier molecular flexibility index (Phi) is 8.25. The van der Waals surface area contributed by atoms with Crippen molar-refractivity contribution in [2.45, 2.75) is 18.7 Å². The Hall–Kier alpha value is -3.04. The summed E-state index contributed by atoms with van der Waals surface area (Å²) in [4.78, 5) is 12.4. The number of hydrogen-bond donors (Lipinski definition) is 2. The van der Waals surface area contributed by atoms with Gasteiger partial charge >= 0.3 is 0 Å². The number of sulfonamides is 1. The minimum atomic E-state index is -3.71. The molecule has 0 atom stereocenters. The molecule has 0 spiro atoms. The van der Waals surface area contributed by atoms with E-state index in [0.29, 0.717) is 36.0 Å². The summed E-state index contributed by atoms with van der Waals surface area (Å²) in [5, 5.41) is 2.76. The van der Waals surface area contributed by atoms with Gasteiger partial charge in [-0.2, -0.15) is 0 Å². The lowest BCUT2D eigenvalue weighted by Crippen LogP contribution is -2.19. The average molecular weight is 435 g/mol. The van der Waals surface area contributed by atoms with Gasteiger partial charge in [-0.15, -0.1) is 0 Å². The molecule has 2 aromatic rings. The number of rotatable bonds is 10. The summed E-state index contributed by atoms with van der Waals surface area (Å²) in [6, 6.07) is 9.79. The highest BCUT2D eigenvalue weighted by Crippen LogP contribution is 2.30. The molecule has 1 amide bonds. The van der Waals surface area contributed by atoms with Crippen LogP contribution in [0.4, 0.5) is 5.69 Å². The number of hydrogen-bond acceptors (Lipinski definition) is 6. The van der Waals surface area contributed by atoms with E-state index in [1.807, 2.05) is 13.8 Å². The third-order valence-electron chi connectivity index (χ3n) is 3.99. The van der Waals surface area contributed by atoms with Crippen LogP contribution >= 0.6 is 0 Å². The molecule has 0 heterocycles. The molecule has 0 saturated heterocycles. The van der Waals surface area contributed by atoms with E-state index in [0.717, 1.165) is 0 Å². The minimum absolute atomic E-state index is 0.0156. The maximum absolute atomic E-state index is 12.4. The molecule has 2 aromatic carbocycles. The number of benzene rings is 2. The van der Waals surface area contributed by atoms with Gasteiger partial charge in [-0.05, 0) is 56.8 Å². The van der Waals surface area contributed by atoms with Crippen molar-refractivity contribution >= 4 is 27.7 Å². The van der Waals surface area contributed by atoms with E-state index in [2.05, 4.69) is 10.0 Å². The van der Waals surface area contributed by atoms with Gasteiger partial charge in [0.05, 0.1) is 26.0 Å². The Labute approximate surface area is 176 Å². The largest absolute Gasteiger partial charge is 0.495 e. The predicted molar refractivity (Wildman–Crippen MR) is 116 cm³/mol. The molecule has 0 unspecified atom stereocenters. The normalized spacial score (nSPS) is 11.3. The summed E-state index contributed by atoms with van der Waals surface area (Å²) < 4.78 is 42.7. The zero-order valence-electron chi connectivity index (χ0n) is 17.4. The fraction of sp³-hybridized carbons (Fsp3) is 0.286. The van der Waals surface area contributed by atoms with Crippen molar-refractivity contribution in [1.82, 2.24) is 4.72 Å². The minimum Gasteiger partial charge on any atom is -0.495 e. The molecule has 9 heteroatoms. The lowest BCUT2D eigenvalue weighted by molar-refractivity contribution is -0.111. The second-order valence-electron chi connectivity index (χ2n) is 5.96. The van der Waals surface area contributed by atoms with E-state index in [1.165, 1.54) is 38.4 Å². The number of anilines is 1. The lowest BCUT2D eigenvalue weighted by atomic mass is 10.2. The van der Waals surface area contributed by atoms with E-state index in [4.69, 9.17) is 14.2 Å². The third-order valence-corrected chi connectivity index (χ3v) is 5.43. The summed E-state index contributed by atoms with van der Waals surface area (Å²) in [6.45, 7) is 4.66. The Bertz CT molecular complexity index is 1020. The predicted octanol–water partition coefficient (Wildman–Crippen LogP) is 3.05. The van der Waals surface area contributed by atoms with Crippen LogP contribution in [0, 0.1) is 0 Å². The number of carbonyl (C=O) groups excluding carboxylic acids is 1. The molecule has 0 radical (unpaired) electrons. The maximum atomic E-state index is 12.4. The Balaban J connectivity index is 2.24. The molecule has 0 bridgehead atoms. The fourth-order valence-electron chi connectivity index (χ4n) is 2.61. The molecule has 0 fully saturated rings. The van der Waals surface area contributed by atoms with E-state index >= 15 is 0 Å². The molecule has 162 valence electrons. The van der Waals surface area contributed by atoms with Crippen LogP contribution in [0.5, 0.6) is 17.2 Å². The summed E-state index contributed by atoms with van der Waals surface area (Å²) in [6.07, 6.45) is 2.82. The number of amides is 1. The van der Waals surface area contributed by atoms with Crippen LogP contribution in [-0.4, -0.2) is 41.7 Å². The van der Waals surface area contributed by atoms with E-state index in [1.54, 1.807) is 24.3 Å². The van der Waals surface area contributed by atoms with Gasteiger partial charge in [0.2, 0.25) is 15.9 Å². The zero-order chi connectivity index (χ0) is 22.1. The van der Waals surface area contributed by atoms with Crippen molar-refractivity contribution in [2.75, 3.05) is 32.7 Å². The van der Waals surface area contributed by atoms with Crippen LogP contribution < -0.4 is 24.2 Å². The number of carbonyl (C=O) groups is 1. The third kappa shape index (κ3) is 5.98. The smallest absolute Gasteiger partial charge is 0.248 e. The molecular formula is C21H26N2O6S. The SMILES string of the molecule is CCOc1ccc(OCC)c(NC(=O)/C=C/c2ccc(OC)c(S(=O)(=O)NC)c2)c1. The summed E-state index contributed by atoms with van der Waals surface area (Å²) >= 11 is 0. The number of ether oxygens (including phenoxy) is 3. The molecule has 2 N–H and O–H groups in total. The van der Waals surface area contributed by atoms with Gasteiger partial charge in [-0.1, -0.05) is 6.07 Å². The van der Waals surface area contributed by atoms with Gasteiger partial charge in [0.15, 0.2) is 0 Å². The highest BCUT2D eigenvalue weighted by Gasteiger charge is 2.17. The van der Waals surface area contributed by atoms with Gasteiger partial charge in [-0.25, -0.2) is 13.1 Å². The van der Waals surface area contributed by atoms with Crippen molar-refractivity contribution in [3.63, 3.8) is 0 Å².